The average Bonchev–Trinajstić information content (AvgIpc) is 3.68. The largest absolute Gasteiger partial charge is 0.437 e. The smallest absolute Gasteiger partial charge is 0.410 e. The molecule has 1 fully saturated rings. The predicted molar refractivity (Wildman–Crippen MR) is 237 cm³/mol. The van der Waals surface area contributed by atoms with Gasteiger partial charge in [0.1, 0.15) is 17.6 Å². The normalized spacial score (nSPS) is 13.7. The fourth-order valence-corrected chi connectivity index (χ4v) is 7.91. The summed E-state index contributed by atoms with van der Waals surface area (Å²) in [6, 6.07) is 22.1. The Balaban J connectivity index is 0.000000321. The number of carbonyl (C=O) groups is 5. The molecule has 0 aliphatic carbocycles. The quantitative estimate of drug-likeness (QED) is 0.106. The molecular weight excluding hydrogens is 821 g/mol. The maximum atomic E-state index is 13.3. The third-order valence-corrected chi connectivity index (χ3v) is 11.6. The van der Waals surface area contributed by atoms with Crippen molar-refractivity contribution in [2.75, 3.05) is 77.8 Å². The monoisotopic (exact) mass is 877 g/mol. The van der Waals surface area contributed by atoms with E-state index in [2.05, 4.69) is 15.5 Å². The highest BCUT2D eigenvalue weighted by atomic mass is 32.1. The molecule has 3 N–H and O–H groups in total. The Kier molecular flexibility index (Phi) is 19.2. The lowest BCUT2D eigenvalue weighted by Gasteiger charge is -2.31. The summed E-state index contributed by atoms with van der Waals surface area (Å²) in [4.78, 5) is 65.8. The highest BCUT2D eigenvalue weighted by molar-refractivity contribution is 7.16. The lowest BCUT2D eigenvalue weighted by molar-refractivity contribution is -0.0871. The van der Waals surface area contributed by atoms with E-state index in [4.69, 9.17) is 14.6 Å². The summed E-state index contributed by atoms with van der Waals surface area (Å²) < 4.78 is 36.6. The number of fused-ring (bicyclic) bond motifs is 1. The number of thiophene rings is 1. The molecule has 62 heavy (non-hydrogen) atoms. The Hall–Kier alpha value is -5.55. The van der Waals surface area contributed by atoms with Crippen molar-refractivity contribution in [3.05, 3.63) is 117 Å². The number of aliphatic hydroxyl groups is 1. The zero-order chi connectivity index (χ0) is 45.2. The molecule has 16 heteroatoms. The van der Waals surface area contributed by atoms with Gasteiger partial charge in [0, 0.05) is 81.2 Å². The topological polar surface area (TPSA) is 158 Å². The van der Waals surface area contributed by atoms with E-state index in [1.165, 1.54) is 35.6 Å². The van der Waals surface area contributed by atoms with Crippen molar-refractivity contribution in [2.45, 2.75) is 58.1 Å². The maximum Gasteiger partial charge on any atom is 0.410 e. The number of morpholine rings is 1. The third kappa shape index (κ3) is 14.0. The van der Waals surface area contributed by atoms with Crippen LogP contribution >= 0.6 is 11.3 Å². The van der Waals surface area contributed by atoms with Crippen LogP contribution < -0.4 is 10.6 Å². The second kappa shape index (κ2) is 24.2. The number of benzene rings is 3. The van der Waals surface area contributed by atoms with Crippen LogP contribution in [0.4, 0.5) is 24.3 Å². The molecule has 0 unspecified atom stereocenters. The minimum absolute atomic E-state index is 0.0537. The van der Waals surface area contributed by atoms with Gasteiger partial charge in [0.05, 0.1) is 25.3 Å². The van der Waals surface area contributed by atoms with E-state index in [-0.39, 0.29) is 24.9 Å². The Morgan fingerprint density at radius 3 is 2.16 bits per heavy atom. The van der Waals surface area contributed by atoms with E-state index >= 15 is 0 Å². The first-order chi connectivity index (χ1) is 29.8. The maximum absolute atomic E-state index is 13.3. The zero-order valence-electron chi connectivity index (χ0n) is 36.0. The van der Waals surface area contributed by atoms with Gasteiger partial charge >= 0.3 is 6.09 Å². The van der Waals surface area contributed by atoms with E-state index in [1.807, 2.05) is 48.5 Å². The Bertz CT molecular complexity index is 2090. The number of aliphatic hydroxyl groups excluding tert-OH is 1. The number of anilines is 2. The molecule has 334 valence electrons. The standard InChI is InChI=1S/C30H33F2N3O4S.C15H20N2O3.CH4O/c1-30(2,28(31)32)39-29(38)35-16-15-23-24(17-35)40-27(33-3)25(23)26(37)34-22-13-11-20(12-14-22)6-4-5-19-7-9-21(18-36)10-8-19;1-16(5-6-17-7-9-20-10-8-17)15(19)14-4-2-3-13(11-14)12-18;1-2/h7-14,18,28,33H,4-6,15-17H2,1-3H3,(H,34,37);2-4,11-12H,5-10H2,1H3;2H,1H3. The van der Waals surface area contributed by atoms with Crippen LogP contribution in [0.15, 0.2) is 72.8 Å². The van der Waals surface area contributed by atoms with E-state index < -0.39 is 18.1 Å². The van der Waals surface area contributed by atoms with Crippen LogP contribution in [-0.2, 0) is 35.3 Å². The van der Waals surface area contributed by atoms with E-state index in [0.29, 0.717) is 45.9 Å². The summed E-state index contributed by atoms with van der Waals surface area (Å²) >= 11 is 1.37. The van der Waals surface area contributed by atoms with Crippen LogP contribution in [0.5, 0.6) is 0 Å². The third-order valence-electron chi connectivity index (χ3n) is 10.4. The molecule has 0 atom stereocenters. The van der Waals surface area contributed by atoms with Gasteiger partial charge in [0.25, 0.3) is 18.2 Å². The first-order valence-electron chi connectivity index (χ1n) is 20.4. The zero-order valence-corrected chi connectivity index (χ0v) is 36.8. The van der Waals surface area contributed by atoms with E-state index in [0.717, 1.165) is 87.8 Å². The van der Waals surface area contributed by atoms with Gasteiger partial charge in [-0.15, -0.1) is 11.3 Å². The van der Waals surface area contributed by atoms with Gasteiger partial charge in [-0.3, -0.25) is 24.1 Å². The summed E-state index contributed by atoms with van der Waals surface area (Å²) in [5, 5.41) is 13.7. The molecule has 3 heterocycles. The second-order valence-corrected chi connectivity index (χ2v) is 16.3. The summed E-state index contributed by atoms with van der Waals surface area (Å²) in [6.45, 7) is 7.70. The van der Waals surface area contributed by atoms with Crippen LogP contribution in [0.1, 0.15) is 83.3 Å². The van der Waals surface area contributed by atoms with Gasteiger partial charge in [0.15, 0.2) is 5.60 Å². The van der Waals surface area contributed by atoms with Crippen LogP contribution in [0.25, 0.3) is 0 Å². The lowest BCUT2D eigenvalue weighted by atomic mass is 10.0. The van der Waals surface area contributed by atoms with Gasteiger partial charge in [-0.2, -0.15) is 0 Å². The molecule has 2 aliphatic rings. The van der Waals surface area contributed by atoms with Crippen molar-refractivity contribution < 1.29 is 47.3 Å². The molecule has 3 aromatic carbocycles. The molecule has 13 nitrogen and oxygen atoms in total. The number of amides is 3. The number of likely N-dealkylation sites (N-methyl/N-ethyl adjacent to an activating group) is 1. The fraction of sp³-hybridized carbons (Fsp3) is 0.413. The van der Waals surface area contributed by atoms with Crippen molar-refractivity contribution in [3.8, 4) is 0 Å². The van der Waals surface area contributed by atoms with Crippen molar-refractivity contribution in [3.63, 3.8) is 0 Å². The van der Waals surface area contributed by atoms with Crippen LogP contribution in [0.3, 0.4) is 0 Å². The summed E-state index contributed by atoms with van der Waals surface area (Å²) in [6.07, 6.45) is 1.17. The molecule has 0 saturated carbocycles. The Morgan fingerprint density at radius 2 is 1.56 bits per heavy atom. The number of hydrogen-bond acceptors (Lipinski definition) is 11. The minimum atomic E-state index is -2.80. The molecule has 1 aromatic heterocycles. The molecule has 0 bridgehead atoms. The highest BCUT2D eigenvalue weighted by Crippen LogP contribution is 2.38. The number of alkyl halides is 2. The number of aryl methyl sites for hydroxylation is 2. The summed E-state index contributed by atoms with van der Waals surface area (Å²) in [5.41, 5.74) is 4.28. The molecule has 3 amide bonds. The number of nitrogens with zero attached hydrogens (tertiary/aromatic N) is 3. The van der Waals surface area contributed by atoms with E-state index in [1.54, 1.807) is 43.3 Å². The molecule has 0 radical (unpaired) electrons. The lowest BCUT2D eigenvalue weighted by Crippen LogP contribution is -2.43. The molecule has 6 rings (SSSR count). The van der Waals surface area contributed by atoms with Crippen molar-refractivity contribution >= 4 is 52.5 Å². The first kappa shape index (κ1) is 49.1. The van der Waals surface area contributed by atoms with Gasteiger partial charge in [0.2, 0.25) is 0 Å². The highest BCUT2D eigenvalue weighted by Gasteiger charge is 2.37. The number of rotatable bonds is 15. The molecular formula is C46H57F2N5O8S. The molecule has 4 aromatic rings. The van der Waals surface area contributed by atoms with Gasteiger partial charge in [-0.1, -0.05) is 48.5 Å². The number of aldehydes is 2. The number of hydrogen-bond donors (Lipinski definition) is 3. The molecule has 2 aliphatic heterocycles. The van der Waals surface area contributed by atoms with Crippen LogP contribution in [-0.4, -0.2) is 129 Å². The first-order valence-corrected chi connectivity index (χ1v) is 21.2. The fourth-order valence-electron chi connectivity index (χ4n) is 6.70. The number of ether oxygens (including phenoxy) is 2. The average molecular weight is 878 g/mol. The van der Waals surface area contributed by atoms with Crippen LogP contribution in [0, 0.1) is 0 Å². The Labute approximate surface area is 366 Å². The molecule has 0 spiro atoms. The predicted octanol–water partition coefficient (Wildman–Crippen LogP) is 7.08. The summed E-state index contributed by atoms with van der Waals surface area (Å²) in [5.74, 6) is -0.301. The van der Waals surface area contributed by atoms with Crippen molar-refractivity contribution in [1.82, 2.24) is 14.7 Å². The van der Waals surface area contributed by atoms with Crippen molar-refractivity contribution in [2.24, 2.45) is 0 Å². The Morgan fingerprint density at radius 1 is 0.935 bits per heavy atom. The number of carbonyl (C=O) groups excluding carboxylic acids is 5. The SMILES string of the molecule is CN(CCN1CCOCC1)C(=O)c1cccc(C=O)c1.CNc1sc2c(c1C(=O)Nc1ccc(CCCc3ccc(C=O)cc3)cc1)CCN(C(=O)OC(C)(C)C(F)F)C2.CO. The number of nitrogens with one attached hydrogen (secondary N) is 2. The van der Waals surface area contributed by atoms with Crippen molar-refractivity contribution in [1.29, 1.82) is 0 Å². The second-order valence-electron chi connectivity index (χ2n) is 15.2. The number of halogens is 2. The minimum Gasteiger partial charge on any atom is -0.437 e. The summed E-state index contributed by atoms with van der Waals surface area (Å²) in [7, 11) is 4.52. The van der Waals surface area contributed by atoms with Gasteiger partial charge in [-0.25, -0.2) is 13.6 Å². The van der Waals surface area contributed by atoms with E-state index in [9.17, 15) is 32.8 Å². The molecule has 1 saturated heterocycles. The van der Waals surface area contributed by atoms with Gasteiger partial charge < -0.3 is 35.0 Å². The van der Waals surface area contributed by atoms with Gasteiger partial charge in [-0.05, 0) is 80.5 Å². The van der Waals surface area contributed by atoms with Crippen LogP contribution in [0.2, 0.25) is 0 Å².